The fourth-order valence-electron chi connectivity index (χ4n) is 4.20. The van der Waals surface area contributed by atoms with Crippen LogP contribution in [0, 0.1) is 0 Å². The maximum absolute atomic E-state index is 12.3. The Kier molecular flexibility index (Phi) is 6.28. The van der Waals surface area contributed by atoms with Crippen molar-refractivity contribution < 1.29 is 14.7 Å². The highest BCUT2D eigenvalue weighted by atomic mass is 16.4. The number of anilines is 1. The maximum atomic E-state index is 12.3. The third kappa shape index (κ3) is 4.79. The fraction of sp³-hybridized carbons (Fsp3) is 0.435. The number of pyridine rings is 1. The molecule has 2 aliphatic heterocycles. The second-order valence-corrected chi connectivity index (χ2v) is 8.06. The van der Waals surface area contributed by atoms with Crippen LogP contribution in [-0.2, 0) is 22.4 Å². The van der Waals surface area contributed by atoms with Gasteiger partial charge < -0.3 is 15.7 Å². The molecule has 1 fully saturated rings. The molecule has 1 aromatic heterocycles. The molecule has 4 rings (SSSR count). The second kappa shape index (κ2) is 9.26. The number of nitrogens with zero attached hydrogens (tertiary/aromatic N) is 2. The van der Waals surface area contributed by atoms with E-state index in [1.807, 2.05) is 35.2 Å². The Hall–Kier alpha value is -2.93. The molecular weight excluding hydrogens is 380 g/mol. The van der Waals surface area contributed by atoms with Crippen LogP contribution in [0.3, 0.4) is 0 Å². The molecule has 0 saturated carbocycles. The van der Waals surface area contributed by atoms with Gasteiger partial charge in [-0.05, 0) is 42.9 Å². The standard InChI is InChI=1S/C23H28N4O3/c28-20(10-4-9-18-12-11-17-8-5-13-24-22(17)26-18)25-19-14-27(15-19)21(23(29)30)16-6-2-1-3-7-16/h1-3,6-7,11-12,19,21H,4-5,8-10,13-15H2,(H,24,26)(H,25,28)(H,29,30)/t21-/m1/s1. The lowest BCUT2D eigenvalue weighted by atomic mass is 9.99. The third-order valence-corrected chi connectivity index (χ3v) is 5.78. The van der Waals surface area contributed by atoms with Crippen molar-refractivity contribution in [1.82, 2.24) is 15.2 Å². The van der Waals surface area contributed by atoms with Gasteiger partial charge in [0.2, 0.25) is 5.91 Å². The molecule has 1 amide bonds. The predicted octanol–water partition coefficient (Wildman–Crippen LogP) is 2.39. The molecule has 1 aromatic carbocycles. The zero-order valence-corrected chi connectivity index (χ0v) is 17.0. The quantitative estimate of drug-likeness (QED) is 0.621. The van der Waals surface area contributed by atoms with Crippen LogP contribution in [0.25, 0.3) is 0 Å². The summed E-state index contributed by atoms with van der Waals surface area (Å²) in [7, 11) is 0. The van der Waals surface area contributed by atoms with Gasteiger partial charge in [-0.25, -0.2) is 4.98 Å². The topological polar surface area (TPSA) is 94.6 Å². The van der Waals surface area contributed by atoms with Crippen molar-refractivity contribution in [3.63, 3.8) is 0 Å². The molecular formula is C23H28N4O3. The van der Waals surface area contributed by atoms with Gasteiger partial charge in [0.05, 0.1) is 6.04 Å². The molecule has 0 bridgehead atoms. The summed E-state index contributed by atoms with van der Waals surface area (Å²) in [5, 5.41) is 16.0. The number of fused-ring (bicyclic) bond motifs is 1. The van der Waals surface area contributed by atoms with E-state index in [0.717, 1.165) is 49.3 Å². The van der Waals surface area contributed by atoms with Crippen molar-refractivity contribution in [2.45, 2.75) is 44.2 Å². The Morgan fingerprint density at radius 1 is 1.20 bits per heavy atom. The summed E-state index contributed by atoms with van der Waals surface area (Å²) in [6.45, 7) is 2.07. The van der Waals surface area contributed by atoms with E-state index < -0.39 is 12.0 Å². The molecule has 0 radical (unpaired) electrons. The zero-order chi connectivity index (χ0) is 20.9. The van der Waals surface area contributed by atoms with Gasteiger partial charge in [-0.1, -0.05) is 36.4 Å². The van der Waals surface area contributed by atoms with Crippen LogP contribution in [0.15, 0.2) is 42.5 Å². The first-order valence-corrected chi connectivity index (χ1v) is 10.6. The van der Waals surface area contributed by atoms with Crippen LogP contribution in [0.1, 0.15) is 42.1 Å². The van der Waals surface area contributed by atoms with E-state index >= 15 is 0 Å². The number of aryl methyl sites for hydroxylation is 2. The summed E-state index contributed by atoms with van der Waals surface area (Å²) in [6.07, 6.45) is 4.18. The summed E-state index contributed by atoms with van der Waals surface area (Å²) in [6, 6.07) is 12.8. The summed E-state index contributed by atoms with van der Waals surface area (Å²) in [5.74, 6) is 0.143. The fourth-order valence-corrected chi connectivity index (χ4v) is 4.20. The molecule has 0 spiro atoms. The molecule has 1 saturated heterocycles. The molecule has 0 unspecified atom stereocenters. The highest BCUT2D eigenvalue weighted by Gasteiger charge is 2.37. The number of nitrogens with one attached hydrogen (secondary N) is 2. The molecule has 2 aromatic rings. The Bertz CT molecular complexity index is 897. The average Bonchev–Trinajstić information content (AvgIpc) is 2.72. The lowest BCUT2D eigenvalue weighted by Gasteiger charge is -2.43. The first-order chi connectivity index (χ1) is 14.6. The highest BCUT2D eigenvalue weighted by Crippen LogP contribution is 2.26. The molecule has 2 aliphatic rings. The zero-order valence-electron chi connectivity index (χ0n) is 17.0. The van der Waals surface area contributed by atoms with Gasteiger partial charge in [-0.3, -0.25) is 14.5 Å². The van der Waals surface area contributed by atoms with E-state index in [2.05, 4.69) is 27.8 Å². The van der Waals surface area contributed by atoms with Crippen molar-refractivity contribution in [2.24, 2.45) is 0 Å². The summed E-state index contributed by atoms with van der Waals surface area (Å²) in [4.78, 5) is 30.5. The third-order valence-electron chi connectivity index (χ3n) is 5.78. The number of amides is 1. The minimum atomic E-state index is -0.863. The van der Waals surface area contributed by atoms with E-state index in [9.17, 15) is 14.7 Å². The van der Waals surface area contributed by atoms with Crippen LogP contribution < -0.4 is 10.6 Å². The van der Waals surface area contributed by atoms with Crippen molar-refractivity contribution >= 4 is 17.7 Å². The van der Waals surface area contributed by atoms with Gasteiger partial charge in [0.25, 0.3) is 0 Å². The van der Waals surface area contributed by atoms with Crippen LogP contribution in [0.4, 0.5) is 5.82 Å². The SMILES string of the molecule is O=C(CCCc1ccc2c(n1)NCCC2)NC1CN([C@@H](C(=O)O)c2ccccc2)C1. The van der Waals surface area contributed by atoms with Gasteiger partial charge in [0.1, 0.15) is 11.9 Å². The van der Waals surface area contributed by atoms with Gasteiger partial charge in [-0.2, -0.15) is 0 Å². The molecule has 1 atom stereocenters. The number of aromatic nitrogens is 1. The van der Waals surface area contributed by atoms with E-state index in [1.54, 1.807) is 0 Å². The summed E-state index contributed by atoms with van der Waals surface area (Å²) in [5.41, 5.74) is 3.05. The molecule has 3 heterocycles. The number of aliphatic carboxylic acids is 1. The van der Waals surface area contributed by atoms with Gasteiger partial charge >= 0.3 is 5.97 Å². The Balaban J connectivity index is 1.20. The van der Waals surface area contributed by atoms with Gasteiger partial charge in [0.15, 0.2) is 0 Å². The number of carbonyl (C=O) groups excluding carboxylic acids is 1. The van der Waals surface area contributed by atoms with Crippen molar-refractivity contribution in [3.05, 3.63) is 59.3 Å². The van der Waals surface area contributed by atoms with Crippen LogP contribution in [0.5, 0.6) is 0 Å². The predicted molar refractivity (Wildman–Crippen MR) is 114 cm³/mol. The highest BCUT2D eigenvalue weighted by molar-refractivity contribution is 5.77. The summed E-state index contributed by atoms with van der Waals surface area (Å²) >= 11 is 0. The van der Waals surface area contributed by atoms with Crippen molar-refractivity contribution in [3.8, 4) is 0 Å². The van der Waals surface area contributed by atoms with Crippen molar-refractivity contribution in [2.75, 3.05) is 25.0 Å². The van der Waals surface area contributed by atoms with E-state index in [-0.39, 0.29) is 11.9 Å². The van der Waals surface area contributed by atoms with Crippen LogP contribution >= 0.6 is 0 Å². The average molecular weight is 409 g/mol. The number of carbonyl (C=O) groups is 2. The van der Waals surface area contributed by atoms with Gasteiger partial charge in [-0.15, -0.1) is 0 Å². The normalized spacial score (nSPS) is 17.3. The van der Waals surface area contributed by atoms with Crippen molar-refractivity contribution in [1.29, 1.82) is 0 Å². The van der Waals surface area contributed by atoms with E-state index in [4.69, 9.17) is 0 Å². The minimum Gasteiger partial charge on any atom is -0.480 e. The van der Waals surface area contributed by atoms with E-state index in [0.29, 0.717) is 19.5 Å². The smallest absolute Gasteiger partial charge is 0.325 e. The van der Waals surface area contributed by atoms with Crippen LogP contribution in [0.2, 0.25) is 0 Å². The van der Waals surface area contributed by atoms with Gasteiger partial charge in [0, 0.05) is 31.7 Å². The van der Waals surface area contributed by atoms with E-state index in [1.165, 1.54) is 5.56 Å². The Morgan fingerprint density at radius 3 is 2.77 bits per heavy atom. The lowest BCUT2D eigenvalue weighted by Crippen LogP contribution is -2.61. The number of benzene rings is 1. The molecule has 7 nitrogen and oxygen atoms in total. The molecule has 3 N–H and O–H groups in total. The first kappa shape index (κ1) is 20.3. The monoisotopic (exact) mass is 408 g/mol. The number of hydrogen-bond acceptors (Lipinski definition) is 5. The molecule has 0 aliphatic carbocycles. The maximum Gasteiger partial charge on any atom is 0.325 e. The largest absolute Gasteiger partial charge is 0.480 e. The molecule has 158 valence electrons. The Morgan fingerprint density at radius 2 is 2.00 bits per heavy atom. The number of carboxylic acids is 1. The Labute approximate surface area is 176 Å². The molecule has 30 heavy (non-hydrogen) atoms. The first-order valence-electron chi connectivity index (χ1n) is 10.6. The number of rotatable bonds is 8. The lowest BCUT2D eigenvalue weighted by molar-refractivity contribution is -0.146. The van der Waals surface area contributed by atoms with Crippen LogP contribution in [-0.4, -0.2) is 52.5 Å². The molecule has 7 heteroatoms. The number of carboxylic acid groups (broad SMARTS) is 1. The minimum absolute atomic E-state index is 0.00846. The number of hydrogen-bond donors (Lipinski definition) is 3. The summed E-state index contributed by atoms with van der Waals surface area (Å²) < 4.78 is 0. The second-order valence-electron chi connectivity index (χ2n) is 8.06. The number of likely N-dealkylation sites (tertiary alicyclic amines) is 1.